The molecule has 94 valence electrons. The van der Waals surface area contributed by atoms with Crippen molar-refractivity contribution >= 4 is 17.4 Å². The maximum atomic E-state index is 6.06. The van der Waals surface area contributed by atoms with E-state index in [0.717, 1.165) is 24.6 Å². The quantitative estimate of drug-likeness (QED) is 0.756. The van der Waals surface area contributed by atoms with Crippen molar-refractivity contribution in [1.29, 1.82) is 0 Å². The summed E-state index contributed by atoms with van der Waals surface area (Å²) in [6, 6.07) is 2.44. The average Bonchev–Trinajstić information content (AvgIpc) is 2.53. The van der Waals surface area contributed by atoms with Gasteiger partial charge in [0.25, 0.3) is 0 Å². The maximum Gasteiger partial charge on any atom is 0.134 e. The third-order valence-electron chi connectivity index (χ3n) is 3.39. The van der Waals surface area contributed by atoms with E-state index in [-0.39, 0.29) is 0 Å². The van der Waals surface area contributed by atoms with Crippen molar-refractivity contribution in [1.82, 2.24) is 9.97 Å². The summed E-state index contributed by atoms with van der Waals surface area (Å²) in [5.74, 6) is 1.83. The fourth-order valence-electron chi connectivity index (χ4n) is 2.37. The second kappa shape index (κ2) is 5.67. The summed E-state index contributed by atoms with van der Waals surface area (Å²) in [5.41, 5.74) is 0. The summed E-state index contributed by atoms with van der Waals surface area (Å²) < 4.78 is 0. The maximum absolute atomic E-state index is 6.06. The minimum Gasteiger partial charge on any atom is -0.354 e. The Bertz CT molecular complexity index is 381. The Morgan fingerprint density at radius 2 is 2.18 bits per heavy atom. The molecule has 0 radical (unpaired) electrons. The normalized spacial score (nSPS) is 21.4. The van der Waals surface area contributed by atoms with E-state index in [1.807, 2.05) is 6.07 Å². The number of nitrogens with zero attached hydrogens (tertiary/aromatic N) is 3. The van der Waals surface area contributed by atoms with Crippen LogP contribution < -0.4 is 4.90 Å². The summed E-state index contributed by atoms with van der Waals surface area (Å²) in [7, 11) is 0. The van der Waals surface area contributed by atoms with Crippen molar-refractivity contribution in [2.24, 2.45) is 0 Å². The molecule has 1 aromatic rings. The van der Waals surface area contributed by atoms with Gasteiger partial charge in [0.2, 0.25) is 0 Å². The van der Waals surface area contributed by atoms with E-state index in [9.17, 15) is 0 Å². The van der Waals surface area contributed by atoms with Crippen LogP contribution in [0.4, 0.5) is 5.82 Å². The molecule has 1 aromatic heterocycles. The van der Waals surface area contributed by atoms with Gasteiger partial charge in [-0.3, -0.25) is 0 Å². The molecule has 2 rings (SSSR count). The highest BCUT2D eigenvalue weighted by atomic mass is 35.5. The van der Waals surface area contributed by atoms with Crippen LogP contribution in [-0.4, -0.2) is 22.6 Å². The average molecular weight is 254 g/mol. The third kappa shape index (κ3) is 3.09. The number of rotatable bonds is 2. The van der Waals surface area contributed by atoms with Crippen LogP contribution in [0.1, 0.15) is 45.4 Å². The van der Waals surface area contributed by atoms with Gasteiger partial charge >= 0.3 is 0 Å². The third-order valence-corrected chi connectivity index (χ3v) is 3.58. The highest BCUT2D eigenvalue weighted by molar-refractivity contribution is 6.29. The molecule has 0 aromatic carbocycles. The lowest BCUT2D eigenvalue weighted by molar-refractivity contribution is 0.609. The van der Waals surface area contributed by atoms with Gasteiger partial charge in [-0.05, 0) is 19.8 Å². The van der Waals surface area contributed by atoms with Gasteiger partial charge in [-0.2, -0.15) is 0 Å². The predicted octanol–water partition coefficient (Wildman–Crippen LogP) is 3.46. The smallest absolute Gasteiger partial charge is 0.134 e. The summed E-state index contributed by atoms with van der Waals surface area (Å²) in [6.07, 6.45) is 5.95. The molecular weight excluding hydrogens is 234 g/mol. The van der Waals surface area contributed by atoms with Gasteiger partial charge in [-0.15, -0.1) is 0 Å². The predicted molar refractivity (Wildman–Crippen MR) is 71.7 cm³/mol. The van der Waals surface area contributed by atoms with Crippen molar-refractivity contribution in [2.45, 2.75) is 52.0 Å². The molecule has 0 spiro atoms. The number of hydrogen-bond donors (Lipinski definition) is 0. The molecule has 1 aliphatic rings. The van der Waals surface area contributed by atoms with E-state index in [2.05, 4.69) is 28.7 Å². The zero-order chi connectivity index (χ0) is 12.3. The van der Waals surface area contributed by atoms with E-state index in [1.54, 1.807) is 0 Å². The van der Waals surface area contributed by atoms with Crippen LogP contribution in [-0.2, 0) is 6.42 Å². The largest absolute Gasteiger partial charge is 0.354 e. The number of halogens is 1. The molecule has 1 saturated heterocycles. The standard InChI is InChI=1S/C13H20ClN3/c1-3-12-15-11(14)9-13(16-12)17-8-6-4-5-7-10(17)2/h9-10H,3-8H2,1-2H3. The van der Waals surface area contributed by atoms with Gasteiger partial charge in [0, 0.05) is 25.1 Å². The Morgan fingerprint density at radius 1 is 1.35 bits per heavy atom. The van der Waals surface area contributed by atoms with Crippen molar-refractivity contribution in [3.63, 3.8) is 0 Å². The topological polar surface area (TPSA) is 29.0 Å². The highest BCUT2D eigenvalue weighted by Gasteiger charge is 2.19. The van der Waals surface area contributed by atoms with E-state index in [0.29, 0.717) is 11.2 Å². The van der Waals surface area contributed by atoms with Crippen LogP contribution in [0.15, 0.2) is 6.07 Å². The van der Waals surface area contributed by atoms with E-state index in [4.69, 9.17) is 11.6 Å². The number of aromatic nitrogens is 2. The minimum absolute atomic E-state index is 0.549. The Balaban J connectivity index is 2.27. The molecule has 0 N–H and O–H groups in total. The summed E-state index contributed by atoms with van der Waals surface area (Å²) in [5, 5.41) is 0.559. The van der Waals surface area contributed by atoms with Crippen molar-refractivity contribution < 1.29 is 0 Å². The Kier molecular flexibility index (Phi) is 4.21. The fraction of sp³-hybridized carbons (Fsp3) is 0.692. The zero-order valence-electron chi connectivity index (χ0n) is 10.6. The zero-order valence-corrected chi connectivity index (χ0v) is 11.4. The van der Waals surface area contributed by atoms with Gasteiger partial charge in [0.15, 0.2) is 0 Å². The minimum atomic E-state index is 0.549. The first kappa shape index (κ1) is 12.6. The molecule has 4 heteroatoms. The summed E-state index contributed by atoms with van der Waals surface area (Å²) in [4.78, 5) is 11.2. The van der Waals surface area contributed by atoms with Gasteiger partial charge in [-0.1, -0.05) is 31.4 Å². The molecule has 0 bridgehead atoms. The summed E-state index contributed by atoms with van der Waals surface area (Å²) in [6.45, 7) is 5.41. The van der Waals surface area contributed by atoms with Gasteiger partial charge in [0.05, 0.1) is 0 Å². The first-order chi connectivity index (χ1) is 8.20. The molecule has 1 atom stereocenters. The summed E-state index contributed by atoms with van der Waals surface area (Å²) >= 11 is 6.06. The Morgan fingerprint density at radius 3 is 2.94 bits per heavy atom. The monoisotopic (exact) mass is 253 g/mol. The molecule has 0 aliphatic carbocycles. The molecule has 3 nitrogen and oxygen atoms in total. The van der Waals surface area contributed by atoms with Gasteiger partial charge in [0.1, 0.15) is 16.8 Å². The van der Waals surface area contributed by atoms with E-state index in [1.165, 1.54) is 25.7 Å². The molecule has 17 heavy (non-hydrogen) atoms. The molecule has 0 saturated carbocycles. The molecule has 1 fully saturated rings. The fourth-order valence-corrected chi connectivity index (χ4v) is 2.57. The molecule has 1 aliphatic heterocycles. The number of hydrogen-bond acceptors (Lipinski definition) is 3. The lowest BCUT2D eigenvalue weighted by Gasteiger charge is -2.28. The van der Waals surface area contributed by atoms with Crippen LogP contribution >= 0.6 is 11.6 Å². The van der Waals surface area contributed by atoms with Gasteiger partial charge < -0.3 is 4.90 Å². The van der Waals surface area contributed by atoms with Crippen LogP contribution in [0.25, 0.3) is 0 Å². The van der Waals surface area contributed by atoms with Gasteiger partial charge in [-0.25, -0.2) is 9.97 Å². The van der Waals surface area contributed by atoms with Crippen LogP contribution in [0.5, 0.6) is 0 Å². The Labute approximate surface area is 108 Å². The molecule has 0 amide bonds. The molecular formula is C13H20ClN3. The van der Waals surface area contributed by atoms with Crippen LogP contribution in [0, 0.1) is 0 Å². The van der Waals surface area contributed by atoms with Crippen molar-refractivity contribution in [2.75, 3.05) is 11.4 Å². The van der Waals surface area contributed by atoms with Crippen LogP contribution in [0.2, 0.25) is 5.15 Å². The van der Waals surface area contributed by atoms with E-state index < -0.39 is 0 Å². The van der Waals surface area contributed by atoms with E-state index >= 15 is 0 Å². The number of aryl methyl sites for hydroxylation is 1. The SMILES string of the molecule is CCc1nc(Cl)cc(N2CCCCCC2C)n1. The number of anilines is 1. The second-order valence-corrected chi connectivity index (χ2v) is 5.10. The highest BCUT2D eigenvalue weighted by Crippen LogP contribution is 2.24. The lowest BCUT2D eigenvalue weighted by Crippen LogP contribution is -2.33. The van der Waals surface area contributed by atoms with Crippen molar-refractivity contribution in [3.05, 3.63) is 17.0 Å². The van der Waals surface area contributed by atoms with Crippen LogP contribution in [0.3, 0.4) is 0 Å². The molecule has 2 heterocycles. The Hall–Kier alpha value is -0.830. The first-order valence-corrected chi connectivity index (χ1v) is 6.88. The lowest BCUT2D eigenvalue weighted by atomic mass is 10.1. The first-order valence-electron chi connectivity index (χ1n) is 6.51. The molecule has 1 unspecified atom stereocenters. The second-order valence-electron chi connectivity index (χ2n) is 4.71. The van der Waals surface area contributed by atoms with Crippen molar-refractivity contribution in [3.8, 4) is 0 Å².